The summed E-state index contributed by atoms with van der Waals surface area (Å²) >= 11 is 1.38. The van der Waals surface area contributed by atoms with E-state index in [1.54, 1.807) is 0 Å². The molecule has 2 rings (SSSR count). The summed E-state index contributed by atoms with van der Waals surface area (Å²) < 4.78 is 1.46. The van der Waals surface area contributed by atoms with Gasteiger partial charge in [0.2, 0.25) is 0 Å². The van der Waals surface area contributed by atoms with E-state index in [4.69, 9.17) is 0 Å². The van der Waals surface area contributed by atoms with Crippen molar-refractivity contribution in [1.82, 2.24) is 4.90 Å². The van der Waals surface area contributed by atoms with E-state index in [-0.39, 0.29) is 11.8 Å². The van der Waals surface area contributed by atoms with Crippen LogP contribution in [0.5, 0.6) is 0 Å². The summed E-state index contributed by atoms with van der Waals surface area (Å²) in [5.41, 5.74) is 1.04. The van der Waals surface area contributed by atoms with E-state index in [9.17, 15) is 9.59 Å². The zero-order valence-corrected chi connectivity index (χ0v) is 16.2. The lowest BCUT2D eigenvalue weighted by Crippen LogP contribution is -2.33. The zero-order chi connectivity index (χ0) is 16.4. The molecule has 2 amide bonds. The monoisotopic (exact) mass is 347 g/mol. The van der Waals surface area contributed by atoms with Gasteiger partial charge in [-0.05, 0) is 27.3 Å². The second-order valence-electron chi connectivity index (χ2n) is 6.49. The van der Waals surface area contributed by atoms with Crippen molar-refractivity contribution in [2.75, 3.05) is 6.54 Å². The average molecular weight is 348 g/mol. The Kier molecular flexibility index (Phi) is 5.79. The Hall–Kier alpha value is -0.726. The van der Waals surface area contributed by atoms with Gasteiger partial charge in [0.15, 0.2) is 0 Å². The molecule has 1 atom stereocenters. The van der Waals surface area contributed by atoms with E-state index < -0.39 is 0 Å². The fourth-order valence-electron chi connectivity index (χ4n) is 2.77. The number of amides is 2. The van der Waals surface area contributed by atoms with Gasteiger partial charge in [-0.25, -0.2) is 0 Å². The van der Waals surface area contributed by atoms with E-state index in [1.165, 1.54) is 29.1 Å². The van der Waals surface area contributed by atoms with E-state index in [0.717, 1.165) is 27.8 Å². The van der Waals surface area contributed by atoms with Crippen molar-refractivity contribution in [3.8, 4) is 0 Å². The van der Waals surface area contributed by atoms with Crippen molar-refractivity contribution in [2.24, 2.45) is 11.8 Å². The van der Waals surface area contributed by atoms with Crippen LogP contribution in [0.4, 0.5) is 0 Å². The van der Waals surface area contributed by atoms with E-state index in [0.29, 0.717) is 23.6 Å². The van der Waals surface area contributed by atoms with Gasteiger partial charge in [0, 0.05) is 6.54 Å². The number of hydrogen-bond acceptors (Lipinski definition) is 3. The highest BCUT2D eigenvalue weighted by atomic mass is 32.1. The predicted octanol–water partition coefficient (Wildman–Crippen LogP) is 1.78. The highest BCUT2D eigenvalue weighted by Gasteiger charge is 2.39. The molecule has 22 heavy (non-hydrogen) atoms. The van der Waals surface area contributed by atoms with Gasteiger partial charge in [0.1, 0.15) is 0 Å². The maximum Gasteiger partial charge on any atom is 0.262 e. The maximum atomic E-state index is 12.4. The Morgan fingerprint density at radius 2 is 1.50 bits per heavy atom. The topological polar surface area (TPSA) is 37.4 Å². The lowest BCUT2D eigenvalue weighted by Gasteiger charge is -2.18. The molecular weight excluding hydrogens is 326 g/mol. The van der Waals surface area contributed by atoms with Gasteiger partial charge in [-0.1, -0.05) is 40.0 Å². The maximum absolute atomic E-state index is 12.4. The largest absolute Gasteiger partial charge is 0.274 e. The van der Waals surface area contributed by atoms with Gasteiger partial charge < -0.3 is 0 Å². The molecule has 0 aliphatic carbocycles. The standard InChI is InChI=1S/C16H21NO2SSi2/c1-9(2)5-4-6-10(3)7-8-17-13(18)11-12(14(17)19)16(22)20-15(11)21/h9-10H,4-8H2,1-3H3. The summed E-state index contributed by atoms with van der Waals surface area (Å²) in [6.45, 7) is 7.18. The molecular formula is C16H21NO2SSi2. The van der Waals surface area contributed by atoms with Crippen molar-refractivity contribution in [3.63, 3.8) is 0 Å². The molecule has 0 N–H and O–H groups in total. The van der Waals surface area contributed by atoms with Gasteiger partial charge in [0.25, 0.3) is 11.8 Å². The zero-order valence-electron chi connectivity index (χ0n) is 13.4. The fraction of sp³-hybridized carbons (Fsp3) is 0.625. The minimum Gasteiger partial charge on any atom is -0.274 e. The number of carbonyl (C=O) groups excluding carboxylic acids is 2. The number of nitrogens with zero attached hydrogens (tertiary/aromatic N) is 1. The van der Waals surface area contributed by atoms with Crippen LogP contribution in [0.15, 0.2) is 0 Å². The number of rotatable bonds is 7. The van der Waals surface area contributed by atoms with E-state index in [2.05, 4.69) is 41.3 Å². The van der Waals surface area contributed by atoms with Crippen molar-refractivity contribution in [1.29, 1.82) is 0 Å². The smallest absolute Gasteiger partial charge is 0.262 e. The second kappa shape index (κ2) is 7.23. The Morgan fingerprint density at radius 1 is 0.955 bits per heavy atom. The van der Waals surface area contributed by atoms with Crippen molar-refractivity contribution < 1.29 is 9.59 Å². The second-order valence-corrected chi connectivity index (χ2v) is 9.24. The molecule has 1 unspecified atom stereocenters. The molecule has 1 aliphatic heterocycles. The average Bonchev–Trinajstić information content (AvgIpc) is 2.85. The van der Waals surface area contributed by atoms with Crippen LogP contribution in [0.3, 0.4) is 0 Å². The molecule has 0 saturated heterocycles. The van der Waals surface area contributed by atoms with Crippen LogP contribution in [0.1, 0.15) is 67.2 Å². The molecule has 0 spiro atoms. The Labute approximate surface area is 143 Å². The first-order valence-corrected chi connectivity index (χ1v) is 9.60. The van der Waals surface area contributed by atoms with Crippen LogP contribution >= 0.6 is 11.3 Å². The van der Waals surface area contributed by atoms with Crippen LogP contribution < -0.4 is 9.00 Å². The van der Waals surface area contributed by atoms with E-state index in [1.807, 2.05) is 0 Å². The van der Waals surface area contributed by atoms with E-state index >= 15 is 0 Å². The SMILES string of the molecule is CC(C)CCCC(C)CCN1C(=O)c2c([Si])sc([Si])c2C1=O. The normalized spacial score (nSPS) is 15.8. The third-order valence-corrected chi connectivity index (χ3v) is 6.08. The summed E-state index contributed by atoms with van der Waals surface area (Å²) in [6.07, 6.45) is 4.48. The number of carbonyl (C=O) groups is 2. The van der Waals surface area contributed by atoms with Gasteiger partial charge in [-0.15, -0.1) is 0 Å². The van der Waals surface area contributed by atoms with Gasteiger partial charge >= 0.3 is 0 Å². The number of hydrogen-bond donors (Lipinski definition) is 0. The van der Waals surface area contributed by atoms with Crippen LogP contribution in [-0.4, -0.2) is 43.7 Å². The third kappa shape index (κ3) is 3.60. The summed E-state index contributed by atoms with van der Waals surface area (Å²) in [6, 6.07) is 0. The summed E-state index contributed by atoms with van der Waals surface area (Å²) in [5.74, 6) is 0.933. The Bertz CT molecular complexity index is 546. The lowest BCUT2D eigenvalue weighted by atomic mass is 9.97. The van der Waals surface area contributed by atoms with Crippen molar-refractivity contribution >= 4 is 52.6 Å². The van der Waals surface area contributed by atoms with Gasteiger partial charge in [-0.2, -0.15) is 11.3 Å². The van der Waals surface area contributed by atoms with Crippen LogP contribution in [0, 0.1) is 11.8 Å². The number of fused-ring (bicyclic) bond motifs is 1. The third-order valence-electron chi connectivity index (χ3n) is 4.15. The first-order chi connectivity index (χ1) is 10.3. The molecule has 2 heterocycles. The highest BCUT2D eigenvalue weighted by Crippen LogP contribution is 2.24. The summed E-state index contributed by atoms with van der Waals surface area (Å²) in [5, 5.41) is 0. The van der Waals surface area contributed by atoms with Crippen molar-refractivity contribution in [3.05, 3.63) is 11.1 Å². The minimum atomic E-state index is -0.167. The molecule has 1 aromatic rings. The molecule has 6 radical (unpaired) electrons. The predicted molar refractivity (Wildman–Crippen MR) is 92.9 cm³/mol. The molecule has 0 bridgehead atoms. The van der Waals surface area contributed by atoms with Gasteiger partial charge in [0.05, 0.1) is 31.6 Å². The minimum absolute atomic E-state index is 0.167. The van der Waals surface area contributed by atoms with Crippen molar-refractivity contribution in [2.45, 2.75) is 46.5 Å². The quantitative estimate of drug-likeness (QED) is 0.557. The Morgan fingerprint density at radius 3 is 2.00 bits per heavy atom. The summed E-state index contributed by atoms with van der Waals surface area (Å²) in [7, 11) is 6.87. The van der Waals surface area contributed by atoms with Crippen LogP contribution in [0.2, 0.25) is 0 Å². The first kappa shape index (κ1) is 17.6. The molecule has 0 saturated carbocycles. The molecule has 116 valence electrons. The molecule has 3 nitrogen and oxygen atoms in total. The lowest BCUT2D eigenvalue weighted by molar-refractivity contribution is 0.0647. The fourth-order valence-corrected chi connectivity index (χ4v) is 4.94. The molecule has 0 aromatic carbocycles. The number of imide groups is 1. The van der Waals surface area contributed by atoms with Gasteiger partial charge in [-0.3, -0.25) is 14.5 Å². The first-order valence-electron chi connectivity index (χ1n) is 7.79. The van der Waals surface area contributed by atoms with Crippen LogP contribution in [-0.2, 0) is 0 Å². The molecule has 6 heteroatoms. The molecule has 1 aliphatic rings. The molecule has 1 aromatic heterocycles. The highest BCUT2D eigenvalue weighted by molar-refractivity contribution is 7.27. The molecule has 0 fully saturated rings. The Balaban J connectivity index is 1.91. The number of thiophene rings is 1. The summed E-state index contributed by atoms with van der Waals surface area (Å²) in [4.78, 5) is 26.2. The van der Waals surface area contributed by atoms with Crippen LogP contribution in [0.25, 0.3) is 0 Å².